The van der Waals surface area contributed by atoms with Crippen LogP contribution in [0.15, 0.2) is 54.9 Å². The first kappa shape index (κ1) is 17.0. The van der Waals surface area contributed by atoms with Gasteiger partial charge >= 0.3 is 0 Å². The highest BCUT2D eigenvalue weighted by atomic mass is 19.1. The minimum atomic E-state index is -0.403. The van der Waals surface area contributed by atoms with Gasteiger partial charge in [-0.1, -0.05) is 6.07 Å². The van der Waals surface area contributed by atoms with Gasteiger partial charge in [-0.2, -0.15) is 5.10 Å². The monoisotopic (exact) mass is 363 g/mol. The Labute approximate surface area is 155 Å². The molecular weight excluding hydrogens is 345 g/mol. The Bertz CT molecular complexity index is 1130. The van der Waals surface area contributed by atoms with Gasteiger partial charge < -0.3 is 9.88 Å². The lowest BCUT2D eigenvalue weighted by molar-refractivity contribution is -0.116. The van der Waals surface area contributed by atoms with Gasteiger partial charge in [-0.05, 0) is 55.8 Å². The van der Waals surface area contributed by atoms with E-state index < -0.39 is 5.82 Å². The lowest BCUT2D eigenvalue weighted by Crippen LogP contribution is -2.20. The molecule has 1 aromatic carbocycles. The molecule has 0 saturated carbocycles. The Hall–Kier alpha value is -3.48. The average molecular weight is 363 g/mol. The van der Waals surface area contributed by atoms with Crippen LogP contribution >= 0.6 is 0 Å². The minimum absolute atomic E-state index is 0.0236. The van der Waals surface area contributed by atoms with Crippen molar-refractivity contribution in [1.82, 2.24) is 19.3 Å². The van der Waals surface area contributed by atoms with Gasteiger partial charge in [-0.25, -0.2) is 14.1 Å². The van der Waals surface area contributed by atoms with Crippen molar-refractivity contribution in [2.45, 2.75) is 20.4 Å². The fourth-order valence-corrected chi connectivity index (χ4v) is 3.16. The second-order valence-electron chi connectivity index (χ2n) is 6.41. The van der Waals surface area contributed by atoms with E-state index in [2.05, 4.69) is 15.4 Å². The molecule has 0 atom stereocenters. The summed E-state index contributed by atoms with van der Waals surface area (Å²) in [5.41, 5.74) is 2.94. The van der Waals surface area contributed by atoms with Crippen molar-refractivity contribution in [3.8, 4) is 5.82 Å². The summed E-state index contributed by atoms with van der Waals surface area (Å²) >= 11 is 0. The number of hydrogen-bond acceptors (Lipinski definition) is 3. The van der Waals surface area contributed by atoms with E-state index in [-0.39, 0.29) is 12.5 Å². The first-order chi connectivity index (χ1) is 13.0. The molecule has 0 unspecified atom stereocenters. The van der Waals surface area contributed by atoms with Crippen LogP contribution in [0.4, 0.5) is 10.1 Å². The normalized spacial score (nSPS) is 11.1. The minimum Gasteiger partial charge on any atom is -0.324 e. The largest absolute Gasteiger partial charge is 0.324 e. The number of halogens is 1. The van der Waals surface area contributed by atoms with Gasteiger partial charge in [0.05, 0.1) is 5.39 Å². The van der Waals surface area contributed by atoms with Crippen molar-refractivity contribution >= 4 is 22.6 Å². The number of nitrogens with zero attached hydrogens (tertiary/aromatic N) is 4. The van der Waals surface area contributed by atoms with Crippen LogP contribution < -0.4 is 5.32 Å². The maximum Gasteiger partial charge on any atom is 0.246 e. The number of aryl methyl sites for hydroxylation is 2. The number of nitrogens with one attached hydrogen (secondary N) is 1. The third-order valence-corrected chi connectivity index (χ3v) is 4.26. The number of hydrogen-bond donors (Lipinski definition) is 1. The first-order valence-electron chi connectivity index (χ1n) is 8.55. The van der Waals surface area contributed by atoms with E-state index in [1.807, 2.05) is 49.0 Å². The second-order valence-corrected chi connectivity index (χ2v) is 6.41. The van der Waals surface area contributed by atoms with Crippen molar-refractivity contribution in [3.05, 3.63) is 71.9 Å². The number of carbonyl (C=O) groups is 1. The number of carbonyl (C=O) groups excluding carboxylic acids is 1. The molecule has 0 aliphatic carbocycles. The SMILES string of the molecule is Cc1cc(C)c2c(-n3cccc3)nn(CC(=O)Nc3cccc(F)c3)c2n1. The van der Waals surface area contributed by atoms with Crippen LogP contribution in [0.25, 0.3) is 16.9 Å². The highest BCUT2D eigenvalue weighted by molar-refractivity contribution is 5.93. The van der Waals surface area contributed by atoms with Crippen molar-refractivity contribution in [2.24, 2.45) is 0 Å². The summed E-state index contributed by atoms with van der Waals surface area (Å²) in [5, 5.41) is 8.21. The number of anilines is 1. The van der Waals surface area contributed by atoms with E-state index in [1.54, 1.807) is 16.8 Å². The molecule has 3 aromatic heterocycles. The summed E-state index contributed by atoms with van der Waals surface area (Å²) in [6, 6.07) is 11.6. The zero-order valence-electron chi connectivity index (χ0n) is 15.0. The van der Waals surface area contributed by atoms with Crippen LogP contribution in [-0.2, 0) is 11.3 Å². The number of rotatable bonds is 4. The fourth-order valence-electron chi connectivity index (χ4n) is 3.16. The second kappa shape index (κ2) is 6.68. The average Bonchev–Trinajstić information content (AvgIpc) is 3.23. The molecule has 0 bridgehead atoms. The molecule has 4 rings (SSSR count). The molecule has 136 valence electrons. The van der Waals surface area contributed by atoms with Crippen LogP contribution in [0.1, 0.15) is 11.3 Å². The Morgan fingerprint density at radius 3 is 2.67 bits per heavy atom. The molecule has 1 N–H and O–H groups in total. The smallest absolute Gasteiger partial charge is 0.246 e. The summed E-state index contributed by atoms with van der Waals surface area (Å²) in [6.07, 6.45) is 3.80. The van der Waals surface area contributed by atoms with Gasteiger partial charge in [0.1, 0.15) is 12.4 Å². The highest BCUT2D eigenvalue weighted by Crippen LogP contribution is 2.25. The molecule has 1 amide bonds. The molecule has 7 heteroatoms. The highest BCUT2D eigenvalue weighted by Gasteiger charge is 2.18. The van der Waals surface area contributed by atoms with Crippen LogP contribution in [0.3, 0.4) is 0 Å². The number of aromatic nitrogens is 4. The topological polar surface area (TPSA) is 64.7 Å². The molecule has 0 spiro atoms. The van der Waals surface area contributed by atoms with Crippen LogP contribution in [0.2, 0.25) is 0 Å². The van der Waals surface area contributed by atoms with Gasteiger partial charge in [0.15, 0.2) is 11.5 Å². The Morgan fingerprint density at radius 1 is 1.15 bits per heavy atom. The number of amides is 1. The van der Waals surface area contributed by atoms with E-state index in [4.69, 9.17) is 0 Å². The van der Waals surface area contributed by atoms with Gasteiger partial charge in [0, 0.05) is 23.8 Å². The summed E-state index contributed by atoms with van der Waals surface area (Å²) in [4.78, 5) is 17.1. The molecule has 6 nitrogen and oxygen atoms in total. The zero-order valence-corrected chi connectivity index (χ0v) is 15.0. The molecule has 4 aromatic rings. The van der Waals surface area contributed by atoms with Crippen LogP contribution in [-0.4, -0.2) is 25.2 Å². The molecule has 0 saturated heterocycles. The number of pyridine rings is 1. The van der Waals surface area contributed by atoms with Crippen molar-refractivity contribution in [3.63, 3.8) is 0 Å². The summed E-state index contributed by atoms with van der Waals surface area (Å²) in [5.74, 6) is 0.0173. The fraction of sp³-hybridized carbons (Fsp3) is 0.150. The molecule has 27 heavy (non-hydrogen) atoms. The Kier molecular flexibility index (Phi) is 4.19. The van der Waals surface area contributed by atoms with Crippen molar-refractivity contribution in [2.75, 3.05) is 5.32 Å². The van der Waals surface area contributed by atoms with E-state index in [0.29, 0.717) is 11.3 Å². The molecule has 0 fully saturated rings. The van der Waals surface area contributed by atoms with E-state index in [0.717, 1.165) is 22.5 Å². The van der Waals surface area contributed by atoms with E-state index in [9.17, 15) is 9.18 Å². The zero-order chi connectivity index (χ0) is 19.0. The van der Waals surface area contributed by atoms with Crippen molar-refractivity contribution < 1.29 is 9.18 Å². The van der Waals surface area contributed by atoms with Gasteiger partial charge in [0.25, 0.3) is 0 Å². The Morgan fingerprint density at radius 2 is 1.93 bits per heavy atom. The molecule has 0 radical (unpaired) electrons. The summed E-state index contributed by atoms with van der Waals surface area (Å²) in [6.45, 7) is 3.89. The van der Waals surface area contributed by atoms with Crippen LogP contribution in [0.5, 0.6) is 0 Å². The molecule has 0 aliphatic rings. The predicted molar refractivity (Wildman–Crippen MR) is 101 cm³/mol. The summed E-state index contributed by atoms with van der Waals surface area (Å²) in [7, 11) is 0. The van der Waals surface area contributed by atoms with Crippen molar-refractivity contribution in [1.29, 1.82) is 0 Å². The van der Waals surface area contributed by atoms with Gasteiger partial charge in [0.2, 0.25) is 5.91 Å². The number of benzene rings is 1. The quantitative estimate of drug-likeness (QED) is 0.602. The molecular formula is C20H18FN5O. The third-order valence-electron chi connectivity index (χ3n) is 4.26. The maximum absolute atomic E-state index is 13.3. The standard InChI is InChI=1S/C20H18FN5O/c1-13-10-14(2)22-19-18(13)20(25-8-3-4-9-25)24-26(19)12-17(27)23-16-7-5-6-15(21)11-16/h3-11H,12H2,1-2H3,(H,23,27). The first-order valence-corrected chi connectivity index (χ1v) is 8.55. The van der Waals surface area contributed by atoms with E-state index in [1.165, 1.54) is 12.1 Å². The maximum atomic E-state index is 13.3. The molecule has 3 heterocycles. The Balaban J connectivity index is 1.72. The van der Waals surface area contributed by atoms with Gasteiger partial charge in [-0.3, -0.25) is 4.79 Å². The third kappa shape index (κ3) is 3.31. The molecule has 0 aliphatic heterocycles. The number of fused-ring (bicyclic) bond motifs is 1. The van der Waals surface area contributed by atoms with Crippen LogP contribution in [0, 0.1) is 19.7 Å². The lowest BCUT2D eigenvalue weighted by atomic mass is 10.2. The predicted octanol–water partition coefficient (Wildman–Crippen LogP) is 3.62. The van der Waals surface area contributed by atoms with Gasteiger partial charge in [-0.15, -0.1) is 0 Å². The van der Waals surface area contributed by atoms with E-state index >= 15 is 0 Å². The lowest BCUT2D eigenvalue weighted by Gasteiger charge is -2.06. The summed E-state index contributed by atoms with van der Waals surface area (Å²) < 4.78 is 16.8.